The van der Waals surface area contributed by atoms with Crippen molar-refractivity contribution in [3.05, 3.63) is 0 Å². The summed E-state index contributed by atoms with van der Waals surface area (Å²) in [7, 11) is 0. The van der Waals surface area contributed by atoms with E-state index in [4.69, 9.17) is 5.73 Å². The molecule has 0 aromatic rings. The van der Waals surface area contributed by atoms with Crippen molar-refractivity contribution in [1.82, 2.24) is 10.2 Å². The minimum Gasteiger partial charge on any atom is -0.368 e. The van der Waals surface area contributed by atoms with Crippen molar-refractivity contribution >= 4 is 5.91 Å². The molecule has 0 rings (SSSR count). The van der Waals surface area contributed by atoms with Crippen molar-refractivity contribution in [3.63, 3.8) is 0 Å². The van der Waals surface area contributed by atoms with Gasteiger partial charge in [0.25, 0.3) is 0 Å². The maximum absolute atomic E-state index is 11.6. The maximum Gasteiger partial charge on any atom is 0.237 e. The van der Waals surface area contributed by atoms with Crippen LogP contribution >= 0.6 is 0 Å². The normalized spacial score (nSPS) is 15.9. The molecule has 0 fully saturated rings. The lowest BCUT2D eigenvalue weighted by Crippen LogP contribution is -2.53. The summed E-state index contributed by atoms with van der Waals surface area (Å²) in [5.74, 6) is -0.242. The van der Waals surface area contributed by atoms with Crippen LogP contribution in [0.3, 0.4) is 0 Å². The number of likely N-dealkylation sites (N-methyl/N-ethyl adjacent to an activating group) is 1. The Kier molecular flexibility index (Phi) is 10.7. The van der Waals surface area contributed by atoms with Crippen LogP contribution in [-0.4, -0.2) is 42.0 Å². The second-order valence-corrected chi connectivity index (χ2v) is 6.33. The average molecular weight is 300 g/mol. The van der Waals surface area contributed by atoms with Gasteiger partial charge in [-0.2, -0.15) is 0 Å². The van der Waals surface area contributed by atoms with Crippen LogP contribution in [-0.2, 0) is 4.79 Å². The van der Waals surface area contributed by atoms with Gasteiger partial charge < -0.3 is 16.0 Å². The lowest BCUT2D eigenvalue weighted by Gasteiger charge is -2.30. The van der Waals surface area contributed by atoms with Gasteiger partial charge in [0.05, 0.1) is 5.54 Å². The van der Waals surface area contributed by atoms with Crippen molar-refractivity contribution in [2.24, 2.45) is 5.73 Å². The van der Waals surface area contributed by atoms with Crippen LogP contribution in [0, 0.1) is 0 Å². The van der Waals surface area contributed by atoms with Crippen molar-refractivity contribution in [3.8, 4) is 0 Å². The van der Waals surface area contributed by atoms with Gasteiger partial charge in [-0.25, -0.2) is 0 Å². The van der Waals surface area contributed by atoms with Crippen LogP contribution < -0.4 is 11.1 Å². The number of nitrogens with zero attached hydrogens (tertiary/aromatic N) is 1. The Morgan fingerprint density at radius 1 is 1.19 bits per heavy atom. The zero-order chi connectivity index (χ0) is 16.3. The van der Waals surface area contributed by atoms with Gasteiger partial charge >= 0.3 is 0 Å². The summed E-state index contributed by atoms with van der Waals surface area (Å²) in [6.07, 6.45) is 6.68. The van der Waals surface area contributed by atoms with E-state index in [0.29, 0.717) is 6.04 Å². The summed E-state index contributed by atoms with van der Waals surface area (Å²) in [4.78, 5) is 14.2. The van der Waals surface area contributed by atoms with E-state index in [1.54, 1.807) is 0 Å². The molecule has 0 heterocycles. The Balaban J connectivity index is 4.21. The van der Waals surface area contributed by atoms with Gasteiger partial charge in [0.2, 0.25) is 5.91 Å². The fraction of sp³-hybridized carbons (Fsp3) is 0.941. The Morgan fingerprint density at radius 2 is 1.81 bits per heavy atom. The Bertz CT molecular complexity index is 283. The molecule has 0 aliphatic rings. The summed E-state index contributed by atoms with van der Waals surface area (Å²) >= 11 is 0. The molecular weight excluding hydrogens is 262 g/mol. The van der Waals surface area contributed by atoms with Crippen LogP contribution in [0.15, 0.2) is 0 Å². The number of nitrogens with one attached hydrogen (secondary N) is 1. The fourth-order valence-corrected chi connectivity index (χ4v) is 2.65. The molecule has 0 bridgehead atoms. The molecule has 0 aromatic carbocycles. The monoisotopic (exact) mass is 299 g/mol. The van der Waals surface area contributed by atoms with Crippen LogP contribution in [0.4, 0.5) is 0 Å². The van der Waals surface area contributed by atoms with E-state index in [2.05, 4.69) is 31.0 Å². The van der Waals surface area contributed by atoms with Crippen LogP contribution in [0.25, 0.3) is 0 Å². The molecule has 3 N–H and O–H groups in total. The quantitative estimate of drug-likeness (QED) is 0.514. The molecule has 4 heteroatoms. The standard InChI is InChI=1S/C17H37N3O/c1-6-9-13-20(15(4)7-2)14-11-10-12-17(5,16(18)21)19-8-3/h15,19H,6-14H2,1-5H3,(H2,18,21). The first kappa shape index (κ1) is 20.4. The van der Waals surface area contributed by atoms with E-state index < -0.39 is 5.54 Å². The van der Waals surface area contributed by atoms with Crippen LogP contribution in [0.5, 0.6) is 0 Å². The highest BCUT2D eigenvalue weighted by Gasteiger charge is 2.29. The molecule has 4 nitrogen and oxygen atoms in total. The third-order valence-corrected chi connectivity index (χ3v) is 4.50. The second kappa shape index (κ2) is 11.0. The summed E-state index contributed by atoms with van der Waals surface area (Å²) in [5, 5.41) is 3.23. The molecule has 21 heavy (non-hydrogen) atoms. The smallest absolute Gasteiger partial charge is 0.237 e. The van der Waals surface area contributed by atoms with Crippen LogP contribution in [0.1, 0.15) is 73.1 Å². The number of carbonyl (C=O) groups excluding carboxylic acids is 1. The third kappa shape index (κ3) is 7.82. The zero-order valence-electron chi connectivity index (χ0n) is 14.9. The molecule has 0 aliphatic carbocycles. The van der Waals surface area contributed by atoms with Gasteiger partial charge in [-0.1, -0.05) is 27.2 Å². The van der Waals surface area contributed by atoms with E-state index in [-0.39, 0.29) is 5.91 Å². The first-order chi connectivity index (χ1) is 9.91. The fourth-order valence-electron chi connectivity index (χ4n) is 2.65. The van der Waals surface area contributed by atoms with E-state index in [1.807, 2.05) is 13.8 Å². The SMILES string of the molecule is CCCCN(CCCCC(C)(NCC)C(N)=O)C(C)CC. The minimum atomic E-state index is -0.556. The predicted octanol–water partition coefficient (Wildman–Crippen LogP) is 2.91. The number of carbonyl (C=O) groups is 1. The third-order valence-electron chi connectivity index (χ3n) is 4.50. The number of rotatable bonds is 13. The van der Waals surface area contributed by atoms with Gasteiger partial charge in [0.1, 0.15) is 0 Å². The van der Waals surface area contributed by atoms with E-state index >= 15 is 0 Å². The molecule has 0 aliphatic heterocycles. The highest BCUT2D eigenvalue weighted by atomic mass is 16.1. The summed E-state index contributed by atoms with van der Waals surface area (Å²) < 4.78 is 0. The van der Waals surface area contributed by atoms with E-state index in [1.165, 1.54) is 25.8 Å². The first-order valence-electron chi connectivity index (χ1n) is 8.70. The van der Waals surface area contributed by atoms with Gasteiger partial charge in [-0.15, -0.1) is 0 Å². The Hall–Kier alpha value is -0.610. The number of hydrogen-bond donors (Lipinski definition) is 2. The summed E-state index contributed by atoms with van der Waals surface area (Å²) in [6, 6.07) is 0.646. The second-order valence-electron chi connectivity index (χ2n) is 6.33. The molecule has 0 saturated heterocycles. The lowest BCUT2D eigenvalue weighted by atomic mass is 9.93. The number of hydrogen-bond acceptors (Lipinski definition) is 3. The molecule has 0 radical (unpaired) electrons. The van der Waals surface area contributed by atoms with Gasteiger partial charge in [0.15, 0.2) is 0 Å². The average Bonchev–Trinajstić information content (AvgIpc) is 2.45. The van der Waals surface area contributed by atoms with E-state index in [9.17, 15) is 4.79 Å². The van der Waals surface area contributed by atoms with Crippen molar-refractivity contribution < 1.29 is 4.79 Å². The topological polar surface area (TPSA) is 58.4 Å². The molecule has 0 saturated carbocycles. The maximum atomic E-state index is 11.6. The molecule has 2 atom stereocenters. The van der Waals surface area contributed by atoms with E-state index in [0.717, 1.165) is 32.4 Å². The number of unbranched alkanes of at least 4 members (excludes halogenated alkanes) is 2. The highest BCUT2D eigenvalue weighted by Crippen LogP contribution is 2.15. The van der Waals surface area contributed by atoms with Gasteiger partial charge in [0, 0.05) is 6.04 Å². The number of nitrogens with two attached hydrogens (primary N) is 1. The van der Waals surface area contributed by atoms with Crippen molar-refractivity contribution in [1.29, 1.82) is 0 Å². The minimum absolute atomic E-state index is 0.242. The summed E-state index contributed by atoms with van der Waals surface area (Å²) in [6.45, 7) is 13.8. The Morgan fingerprint density at radius 3 is 2.29 bits per heavy atom. The molecule has 2 unspecified atom stereocenters. The molecule has 1 amide bonds. The summed E-state index contributed by atoms with van der Waals surface area (Å²) in [5.41, 5.74) is 4.97. The molecule has 126 valence electrons. The number of amides is 1. The Labute approximate surface area is 131 Å². The van der Waals surface area contributed by atoms with Gasteiger partial charge in [-0.3, -0.25) is 4.79 Å². The predicted molar refractivity (Wildman–Crippen MR) is 91.4 cm³/mol. The zero-order valence-corrected chi connectivity index (χ0v) is 14.9. The van der Waals surface area contributed by atoms with Crippen molar-refractivity contribution in [2.75, 3.05) is 19.6 Å². The molecular formula is C17H37N3O. The lowest BCUT2D eigenvalue weighted by molar-refractivity contribution is -0.124. The molecule has 0 spiro atoms. The highest BCUT2D eigenvalue weighted by molar-refractivity contribution is 5.84. The number of primary amides is 1. The van der Waals surface area contributed by atoms with Gasteiger partial charge in [-0.05, 0) is 65.6 Å². The molecule has 0 aromatic heterocycles. The first-order valence-corrected chi connectivity index (χ1v) is 8.70. The largest absolute Gasteiger partial charge is 0.368 e. The van der Waals surface area contributed by atoms with Crippen LogP contribution in [0.2, 0.25) is 0 Å². The van der Waals surface area contributed by atoms with Crippen molar-refractivity contribution in [2.45, 2.75) is 84.7 Å².